The number of nitrogens with zero attached hydrogens (tertiary/aromatic N) is 1. The Balaban J connectivity index is 1.68. The van der Waals surface area contributed by atoms with Crippen LogP contribution < -0.4 is 5.32 Å². The Hall–Kier alpha value is -0.0800. The van der Waals surface area contributed by atoms with Gasteiger partial charge in [-0.05, 0) is 89.4 Å². The highest BCUT2D eigenvalue weighted by Crippen LogP contribution is 2.34. The van der Waals surface area contributed by atoms with Gasteiger partial charge in [0.25, 0.3) is 0 Å². The molecule has 1 aliphatic carbocycles. The molecule has 2 aliphatic rings. The molecular formula is C17H34N2. The summed E-state index contributed by atoms with van der Waals surface area (Å²) >= 11 is 0. The fraction of sp³-hybridized carbons (Fsp3) is 1.00. The van der Waals surface area contributed by atoms with Gasteiger partial charge in [-0.2, -0.15) is 0 Å². The highest BCUT2D eigenvalue weighted by molar-refractivity contribution is 4.84. The van der Waals surface area contributed by atoms with Crippen molar-refractivity contribution >= 4 is 0 Å². The summed E-state index contributed by atoms with van der Waals surface area (Å²) in [6, 6.07) is 0.917. The summed E-state index contributed by atoms with van der Waals surface area (Å²) in [5, 5.41) is 3.29. The van der Waals surface area contributed by atoms with Gasteiger partial charge in [0.15, 0.2) is 0 Å². The van der Waals surface area contributed by atoms with Gasteiger partial charge in [0.2, 0.25) is 0 Å². The third-order valence-electron chi connectivity index (χ3n) is 5.65. The maximum Gasteiger partial charge on any atom is 0.00954 e. The summed E-state index contributed by atoms with van der Waals surface area (Å²) in [5.74, 6) is 2.88. The molecule has 0 aromatic heterocycles. The van der Waals surface area contributed by atoms with Gasteiger partial charge in [-0.25, -0.2) is 0 Å². The fourth-order valence-corrected chi connectivity index (χ4v) is 4.09. The minimum atomic E-state index is 0.897. The highest BCUT2D eigenvalue weighted by atomic mass is 15.2. The molecule has 2 heteroatoms. The van der Waals surface area contributed by atoms with E-state index in [2.05, 4.69) is 31.1 Å². The first-order valence-electron chi connectivity index (χ1n) is 8.59. The Morgan fingerprint density at radius 3 is 2.16 bits per heavy atom. The van der Waals surface area contributed by atoms with Crippen LogP contribution in [0.4, 0.5) is 0 Å². The van der Waals surface area contributed by atoms with Crippen molar-refractivity contribution in [2.24, 2.45) is 17.8 Å². The molecule has 112 valence electrons. The maximum absolute atomic E-state index is 3.29. The second kappa shape index (κ2) is 7.64. The molecule has 0 bridgehead atoms. The third kappa shape index (κ3) is 4.46. The van der Waals surface area contributed by atoms with Crippen molar-refractivity contribution in [1.82, 2.24) is 10.2 Å². The molecule has 0 unspecified atom stereocenters. The molecular weight excluding hydrogens is 232 g/mol. The van der Waals surface area contributed by atoms with E-state index in [0.29, 0.717) is 0 Å². The van der Waals surface area contributed by atoms with Crippen molar-refractivity contribution in [2.45, 2.75) is 64.8 Å². The lowest BCUT2D eigenvalue weighted by Gasteiger charge is -2.41. The van der Waals surface area contributed by atoms with Gasteiger partial charge >= 0.3 is 0 Å². The Bertz CT molecular complexity index is 236. The molecule has 1 saturated carbocycles. The molecule has 0 radical (unpaired) electrons. The van der Waals surface area contributed by atoms with E-state index in [0.717, 1.165) is 23.8 Å². The topological polar surface area (TPSA) is 15.3 Å². The van der Waals surface area contributed by atoms with Crippen LogP contribution in [0.25, 0.3) is 0 Å². The lowest BCUT2D eigenvalue weighted by atomic mass is 9.78. The fourth-order valence-electron chi connectivity index (χ4n) is 4.09. The number of rotatable bonds is 5. The van der Waals surface area contributed by atoms with Gasteiger partial charge in [0, 0.05) is 6.04 Å². The van der Waals surface area contributed by atoms with Crippen LogP contribution in [0.1, 0.15) is 58.8 Å². The van der Waals surface area contributed by atoms with Crippen molar-refractivity contribution < 1.29 is 0 Å². The molecule has 1 aliphatic heterocycles. The van der Waals surface area contributed by atoms with Crippen molar-refractivity contribution in [2.75, 3.05) is 26.7 Å². The Kier molecular flexibility index (Phi) is 6.15. The summed E-state index contributed by atoms with van der Waals surface area (Å²) in [5.41, 5.74) is 0. The van der Waals surface area contributed by atoms with Crippen LogP contribution >= 0.6 is 0 Å². The minimum absolute atomic E-state index is 0.897. The average molecular weight is 266 g/mol. The van der Waals surface area contributed by atoms with Crippen molar-refractivity contribution in [3.05, 3.63) is 0 Å². The van der Waals surface area contributed by atoms with E-state index in [4.69, 9.17) is 0 Å². The zero-order chi connectivity index (χ0) is 13.7. The Labute approximate surface area is 120 Å². The molecule has 1 heterocycles. The van der Waals surface area contributed by atoms with E-state index < -0.39 is 0 Å². The van der Waals surface area contributed by atoms with Gasteiger partial charge in [-0.1, -0.05) is 13.8 Å². The van der Waals surface area contributed by atoms with Gasteiger partial charge in [-0.15, -0.1) is 0 Å². The maximum atomic E-state index is 3.29. The summed E-state index contributed by atoms with van der Waals surface area (Å²) in [4.78, 5) is 2.81. The lowest BCUT2D eigenvalue weighted by Crippen LogP contribution is -2.43. The van der Waals surface area contributed by atoms with Crippen molar-refractivity contribution in [3.63, 3.8) is 0 Å². The average Bonchev–Trinajstić information content (AvgIpc) is 2.46. The number of nitrogens with one attached hydrogen (secondary N) is 1. The normalized spacial score (nSPS) is 30.9. The van der Waals surface area contributed by atoms with E-state index in [9.17, 15) is 0 Å². The largest absolute Gasteiger partial charge is 0.320 e. The molecule has 19 heavy (non-hydrogen) atoms. The third-order valence-corrected chi connectivity index (χ3v) is 5.65. The predicted octanol–water partition coefficient (Wildman–Crippen LogP) is 3.52. The Morgan fingerprint density at radius 1 is 1.00 bits per heavy atom. The molecule has 0 amide bonds. The van der Waals surface area contributed by atoms with Gasteiger partial charge < -0.3 is 10.2 Å². The predicted molar refractivity (Wildman–Crippen MR) is 83.4 cm³/mol. The molecule has 1 saturated heterocycles. The summed E-state index contributed by atoms with van der Waals surface area (Å²) in [6.07, 6.45) is 10.1. The molecule has 2 nitrogen and oxygen atoms in total. The number of hydrogen-bond donors (Lipinski definition) is 1. The summed E-state index contributed by atoms with van der Waals surface area (Å²) < 4.78 is 0. The van der Waals surface area contributed by atoms with Crippen LogP contribution in [0.15, 0.2) is 0 Å². The van der Waals surface area contributed by atoms with E-state index in [-0.39, 0.29) is 0 Å². The van der Waals surface area contributed by atoms with E-state index >= 15 is 0 Å². The zero-order valence-electron chi connectivity index (χ0n) is 13.3. The minimum Gasteiger partial charge on any atom is -0.320 e. The van der Waals surface area contributed by atoms with Crippen LogP contribution in [0, 0.1) is 17.8 Å². The van der Waals surface area contributed by atoms with Crippen molar-refractivity contribution in [1.29, 1.82) is 0 Å². The molecule has 0 aromatic rings. The van der Waals surface area contributed by atoms with Crippen LogP contribution in [-0.4, -0.2) is 37.6 Å². The molecule has 1 N–H and O–H groups in total. The number of hydrogen-bond acceptors (Lipinski definition) is 2. The first kappa shape index (κ1) is 15.3. The highest BCUT2D eigenvalue weighted by Gasteiger charge is 2.29. The van der Waals surface area contributed by atoms with Gasteiger partial charge in [-0.3, -0.25) is 0 Å². The van der Waals surface area contributed by atoms with E-state index in [1.165, 1.54) is 64.6 Å². The van der Waals surface area contributed by atoms with Crippen LogP contribution in [0.5, 0.6) is 0 Å². The molecule has 0 atom stereocenters. The van der Waals surface area contributed by atoms with Crippen LogP contribution in [0.2, 0.25) is 0 Å². The Morgan fingerprint density at radius 2 is 1.63 bits per heavy atom. The zero-order valence-corrected chi connectivity index (χ0v) is 13.3. The first-order valence-corrected chi connectivity index (χ1v) is 8.59. The van der Waals surface area contributed by atoms with Crippen LogP contribution in [0.3, 0.4) is 0 Å². The first-order chi connectivity index (χ1) is 9.20. The van der Waals surface area contributed by atoms with Crippen molar-refractivity contribution in [3.8, 4) is 0 Å². The molecule has 0 aromatic carbocycles. The molecule has 2 rings (SSSR count). The summed E-state index contributed by atoms with van der Waals surface area (Å²) in [6.45, 7) is 8.73. The number of likely N-dealkylation sites (tertiary alicyclic amines) is 1. The smallest absolute Gasteiger partial charge is 0.00954 e. The lowest BCUT2D eigenvalue weighted by molar-refractivity contribution is 0.0852. The monoisotopic (exact) mass is 266 g/mol. The second-order valence-corrected chi connectivity index (χ2v) is 7.18. The van der Waals surface area contributed by atoms with Crippen LogP contribution in [-0.2, 0) is 0 Å². The summed E-state index contributed by atoms with van der Waals surface area (Å²) in [7, 11) is 2.07. The quantitative estimate of drug-likeness (QED) is 0.819. The van der Waals surface area contributed by atoms with E-state index in [1.807, 2.05) is 0 Å². The standard InChI is InChI=1S/C17H34N2/c1-14(2)16-4-6-17(7-5-16)19-12-9-15(10-13-19)8-11-18-3/h14-18H,4-13H2,1-3H3. The second-order valence-electron chi connectivity index (χ2n) is 7.18. The molecule has 0 spiro atoms. The van der Waals surface area contributed by atoms with E-state index in [1.54, 1.807) is 0 Å². The van der Waals surface area contributed by atoms with Gasteiger partial charge in [0.1, 0.15) is 0 Å². The number of piperidine rings is 1. The SMILES string of the molecule is CNCCC1CCN(C2CCC(C(C)C)CC2)CC1. The molecule has 2 fully saturated rings. The van der Waals surface area contributed by atoms with Gasteiger partial charge in [0.05, 0.1) is 0 Å².